The first-order valence-corrected chi connectivity index (χ1v) is 6.27. The molecule has 1 amide bonds. The van der Waals surface area contributed by atoms with Crippen molar-refractivity contribution in [3.05, 3.63) is 12.2 Å². The first kappa shape index (κ1) is 12.1. The first-order valence-electron chi connectivity index (χ1n) is 6.27. The lowest BCUT2D eigenvalue weighted by Gasteiger charge is -2.21. The van der Waals surface area contributed by atoms with E-state index in [1.807, 2.05) is 0 Å². The summed E-state index contributed by atoms with van der Waals surface area (Å²) in [7, 11) is 0. The summed E-state index contributed by atoms with van der Waals surface area (Å²) >= 11 is 0. The Morgan fingerprint density at radius 3 is 2.76 bits per heavy atom. The number of rotatable bonds is 1. The molecule has 2 rings (SSSR count). The molecule has 4 nitrogen and oxygen atoms in total. The molecule has 0 saturated heterocycles. The molecule has 2 N–H and O–H groups in total. The largest absolute Gasteiger partial charge is 0.351 e. The van der Waals surface area contributed by atoms with Crippen LogP contribution in [0.3, 0.4) is 0 Å². The van der Waals surface area contributed by atoms with E-state index in [-0.39, 0.29) is 17.5 Å². The molecule has 0 spiro atoms. The van der Waals surface area contributed by atoms with Gasteiger partial charge in [-0.15, -0.1) is 0 Å². The van der Waals surface area contributed by atoms with E-state index in [0.717, 1.165) is 19.3 Å². The van der Waals surface area contributed by atoms with Crippen LogP contribution in [0.5, 0.6) is 0 Å². The number of allylic oxidation sites excluding steroid dienone is 2. The van der Waals surface area contributed by atoms with Gasteiger partial charge in [-0.2, -0.15) is 0 Å². The molecule has 0 saturated carbocycles. The molecule has 1 aliphatic heterocycles. The zero-order valence-corrected chi connectivity index (χ0v) is 10.8. The van der Waals surface area contributed by atoms with Crippen LogP contribution < -0.4 is 10.6 Å². The number of nitrogens with one attached hydrogen (secondary N) is 2. The highest BCUT2D eigenvalue weighted by Crippen LogP contribution is 2.25. The lowest BCUT2D eigenvalue weighted by atomic mass is 9.88. The molecule has 2 atom stereocenters. The first-order chi connectivity index (χ1) is 7.96. The fourth-order valence-corrected chi connectivity index (χ4v) is 2.26. The Morgan fingerprint density at radius 2 is 2.18 bits per heavy atom. The van der Waals surface area contributed by atoms with E-state index in [0.29, 0.717) is 11.9 Å². The van der Waals surface area contributed by atoms with Crippen molar-refractivity contribution < 1.29 is 4.79 Å². The van der Waals surface area contributed by atoms with Crippen LogP contribution in [0, 0.1) is 5.92 Å². The molecule has 0 bridgehead atoms. The molecule has 94 valence electrons. The number of aliphatic imine (C=N–C) groups is 1. The molecule has 0 fully saturated rings. The minimum Gasteiger partial charge on any atom is -0.351 e. The summed E-state index contributed by atoms with van der Waals surface area (Å²) in [5.74, 6) is 1.03. The van der Waals surface area contributed by atoms with Crippen molar-refractivity contribution in [3.63, 3.8) is 0 Å². The topological polar surface area (TPSA) is 53.5 Å². The lowest BCUT2D eigenvalue weighted by molar-refractivity contribution is -0.121. The highest BCUT2D eigenvalue weighted by Gasteiger charge is 2.34. The Morgan fingerprint density at radius 1 is 1.41 bits per heavy atom. The van der Waals surface area contributed by atoms with Gasteiger partial charge in [-0.25, -0.2) is 4.99 Å². The molecule has 0 radical (unpaired) electrons. The molecule has 4 heteroatoms. The Balaban J connectivity index is 2.03. The van der Waals surface area contributed by atoms with Crippen molar-refractivity contribution in [1.29, 1.82) is 0 Å². The van der Waals surface area contributed by atoms with E-state index in [9.17, 15) is 4.79 Å². The number of guanidine groups is 1. The van der Waals surface area contributed by atoms with E-state index < -0.39 is 0 Å². The summed E-state index contributed by atoms with van der Waals surface area (Å²) in [6.07, 6.45) is 7.42. The summed E-state index contributed by atoms with van der Waals surface area (Å²) in [5, 5.41) is 6.05. The molecule has 0 aromatic rings. The van der Waals surface area contributed by atoms with Gasteiger partial charge in [0.2, 0.25) is 0 Å². The molecule has 1 heterocycles. The van der Waals surface area contributed by atoms with E-state index in [1.54, 1.807) is 0 Å². The fraction of sp³-hybridized carbons (Fsp3) is 0.692. The van der Waals surface area contributed by atoms with Gasteiger partial charge >= 0.3 is 0 Å². The maximum atomic E-state index is 11.9. The van der Waals surface area contributed by atoms with Crippen LogP contribution in [0.1, 0.15) is 40.0 Å². The molecule has 2 aliphatic rings. The molecule has 17 heavy (non-hydrogen) atoms. The monoisotopic (exact) mass is 235 g/mol. The molecule has 0 aromatic heterocycles. The average molecular weight is 235 g/mol. The van der Waals surface area contributed by atoms with Crippen molar-refractivity contribution in [3.8, 4) is 0 Å². The number of amides is 1. The lowest BCUT2D eigenvalue weighted by Crippen LogP contribution is -2.47. The van der Waals surface area contributed by atoms with Gasteiger partial charge < -0.3 is 5.32 Å². The van der Waals surface area contributed by atoms with Gasteiger partial charge in [0, 0.05) is 5.54 Å². The summed E-state index contributed by atoms with van der Waals surface area (Å²) < 4.78 is 0. The zero-order chi connectivity index (χ0) is 12.5. The van der Waals surface area contributed by atoms with Gasteiger partial charge in [-0.05, 0) is 46.0 Å². The third kappa shape index (κ3) is 3.08. The van der Waals surface area contributed by atoms with Gasteiger partial charge in [-0.1, -0.05) is 12.2 Å². The number of hydrogen-bond acceptors (Lipinski definition) is 3. The molecular weight excluding hydrogens is 214 g/mol. The van der Waals surface area contributed by atoms with Crippen molar-refractivity contribution in [1.82, 2.24) is 10.6 Å². The van der Waals surface area contributed by atoms with E-state index in [2.05, 4.69) is 48.5 Å². The van der Waals surface area contributed by atoms with E-state index >= 15 is 0 Å². The Labute approximate surface area is 103 Å². The van der Waals surface area contributed by atoms with Crippen LogP contribution in [-0.2, 0) is 4.79 Å². The van der Waals surface area contributed by atoms with Crippen LogP contribution in [-0.4, -0.2) is 23.4 Å². The second-order valence-electron chi connectivity index (χ2n) is 5.83. The van der Waals surface area contributed by atoms with Crippen molar-refractivity contribution >= 4 is 11.9 Å². The second-order valence-corrected chi connectivity index (χ2v) is 5.83. The Hall–Kier alpha value is -1.32. The van der Waals surface area contributed by atoms with Gasteiger partial charge in [-0.3, -0.25) is 10.1 Å². The minimum atomic E-state index is -0.204. The fourth-order valence-electron chi connectivity index (χ4n) is 2.26. The number of carbonyl (C=O) groups is 1. The van der Waals surface area contributed by atoms with Crippen LogP contribution in [0.4, 0.5) is 0 Å². The molecule has 1 aliphatic carbocycles. The van der Waals surface area contributed by atoms with Gasteiger partial charge in [0.15, 0.2) is 5.96 Å². The second kappa shape index (κ2) is 4.51. The molecule has 2 unspecified atom stereocenters. The van der Waals surface area contributed by atoms with Gasteiger partial charge in [0.05, 0.1) is 0 Å². The SMILES string of the molecule is CC(C)(C)NC1=NC(C2CC=CCC2)C(=O)N1. The molecular formula is C13H21N3O. The summed E-state index contributed by atoms with van der Waals surface area (Å²) in [6, 6.07) is -0.204. The van der Waals surface area contributed by atoms with E-state index in [4.69, 9.17) is 0 Å². The van der Waals surface area contributed by atoms with Crippen LogP contribution in [0.2, 0.25) is 0 Å². The quantitative estimate of drug-likeness (QED) is 0.678. The third-order valence-corrected chi connectivity index (χ3v) is 3.03. The standard InChI is InChI=1S/C13H21N3O/c1-13(2,3)16-12-14-10(11(17)15-12)9-7-5-4-6-8-9/h4-5,9-10H,6-8H2,1-3H3,(H2,14,15,16,17). The van der Waals surface area contributed by atoms with Crippen molar-refractivity contribution in [2.24, 2.45) is 10.9 Å². The van der Waals surface area contributed by atoms with Crippen molar-refractivity contribution in [2.45, 2.75) is 51.6 Å². The highest BCUT2D eigenvalue weighted by atomic mass is 16.2. The number of nitrogens with zero attached hydrogens (tertiary/aromatic N) is 1. The maximum Gasteiger partial charge on any atom is 0.251 e. The Kier molecular flexibility index (Phi) is 3.22. The predicted molar refractivity (Wildman–Crippen MR) is 68.7 cm³/mol. The average Bonchev–Trinajstić information content (AvgIpc) is 2.58. The zero-order valence-electron chi connectivity index (χ0n) is 10.8. The van der Waals surface area contributed by atoms with Gasteiger partial charge in [0.1, 0.15) is 6.04 Å². The summed E-state index contributed by atoms with van der Waals surface area (Å²) in [6.45, 7) is 6.16. The smallest absolute Gasteiger partial charge is 0.251 e. The minimum absolute atomic E-state index is 0.0389. The number of hydrogen-bond donors (Lipinski definition) is 2. The number of carbonyl (C=O) groups excluding carboxylic acids is 1. The van der Waals surface area contributed by atoms with Gasteiger partial charge in [0.25, 0.3) is 5.91 Å². The molecule has 0 aromatic carbocycles. The summed E-state index contributed by atoms with van der Waals surface area (Å²) in [4.78, 5) is 16.4. The maximum absolute atomic E-state index is 11.9. The van der Waals surface area contributed by atoms with Crippen molar-refractivity contribution in [2.75, 3.05) is 0 Å². The van der Waals surface area contributed by atoms with E-state index in [1.165, 1.54) is 0 Å². The summed E-state index contributed by atoms with van der Waals surface area (Å²) in [5.41, 5.74) is -0.0759. The highest BCUT2D eigenvalue weighted by molar-refractivity contribution is 6.05. The normalized spacial score (nSPS) is 28.9. The Bertz CT molecular complexity index is 365. The predicted octanol–water partition coefficient (Wildman–Crippen LogP) is 1.59. The van der Waals surface area contributed by atoms with Crippen LogP contribution in [0.25, 0.3) is 0 Å². The van der Waals surface area contributed by atoms with Crippen LogP contribution >= 0.6 is 0 Å². The van der Waals surface area contributed by atoms with Crippen LogP contribution in [0.15, 0.2) is 17.1 Å². The third-order valence-electron chi connectivity index (χ3n) is 3.03.